The summed E-state index contributed by atoms with van der Waals surface area (Å²) in [5.74, 6) is 0.716. The van der Waals surface area contributed by atoms with Gasteiger partial charge in [0.15, 0.2) is 5.16 Å². The summed E-state index contributed by atoms with van der Waals surface area (Å²) in [6.07, 6.45) is 0.856. The van der Waals surface area contributed by atoms with E-state index in [1.165, 1.54) is 16.9 Å². The molecule has 0 aliphatic carbocycles. The zero-order valence-electron chi connectivity index (χ0n) is 14.2. The van der Waals surface area contributed by atoms with Gasteiger partial charge in [-0.05, 0) is 23.9 Å². The van der Waals surface area contributed by atoms with Crippen LogP contribution in [0.4, 0.5) is 0 Å². The van der Waals surface area contributed by atoms with Crippen molar-refractivity contribution in [1.29, 1.82) is 0 Å². The van der Waals surface area contributed by atoms with Crippen LogP contribution in [-0.2, 0) is 18.7 Å². The molecule has 0 radical (unpaired) electrons. The van der Waals surface area contributed by atoms with Gasteiger partial charge in [0, 0.05) is 24.1 Å². The monoisotopic (exact) mass is 399 g/mol. The summed E-state index contributed by atoms with van der Waals surface area (Å²) in [4.78, 5) is 22.0. The molecule has 0 spiro atoms. The fourth-order valence-corrected chi connectivity index (χ4v) is 5.39. The van der Waals surface area contributed by atoms with Crippen molar-refractivity contribution in [2.75, 3.05) is 0 Å². The molecule has 7 heteroatoms. The first-order valence-corrected chi connectivity index (χ1v) is 11.1. The lowest BCUT2D eigenvalue weighted by atomic mass is 10.2. The van der Waals surface area contributed by atoms with Gasteiger partial charge in [-0.1, -0.05) is 42.1 Å². The van der Waals surface area contributed by atoms with Crippen LogP contribution in [0.15, 0.2) is 57.1 Å². The Morgan fingerprint density at radius 3 is 2.77 bits per heavy atom. The maximum atomic E-state index is 12.6. The van der Waals surface area contributed by atoms with Crippen molar-refractivity contribution in [1.82, 2.24) is 14.5 Å². The Balaban J connectivity index is 1.51. The maximum absolute atomic E-state index is 12.6. The summed E-state index contributed by atoms with van der Waals surface area (Å²) in [6.45, 7) is 2.60. The Kier molecular flexibility index (Phi) is 5.19. The lowest BCUT2D eigenvalue weighted by Gasteiger charge is -2.08. The molecule has 0 saturated heterocycles. The van der Waals surface area contributed by atoms with Crippen molar-refractivity contribution < 1.29 is 0 Å². The topological polar surface area (TPSA) is 47.8 Å². The second-order valence-electron chi connectivity index (χ2n) is 5.76. The van der Waals surface area contributed by atoms with Crippen LogP contribution in [0.2, 0.25) is 0 Å². The van der Waals surface area contributed by atoms with Crippen LogP contribution in [-0.4, -0.2) is 14.5 Å². The van der Waals surface area contributed by atoms with Gasteiger partial charge in [-0.3, -0.25) is 9.36 Å². The quantitative estimate of drug-likeness (QED) is 0.345. The smallest absolute Gasteiger partial charge is 0.272 e. The summed E-state index contributed by atoms with van der Waals surface area (Å²) in [6, 6.07) is 12.3. The molecule has 0 saturated carbocycles. The molecule has 0 unspecified atom stereocenters. The van der Waals surface area contributed by atoms with Gasteiger partial charge in [0.05, 0.1) is 16.2 Å². The number of rotatable bonds is 6. The third-order valence-electron chi connectivity index (χ3n) is 3.99. The molecule has 0 atom stereocenters. The second-order valence-corrected chi connectivity index (χ2v) is 8.56. The van der Waals surface area contributed by atoms with Crippen LogP contribution in [0.5, 0.6) is 0 Å². The Bertz CT molecular complexity index is 1080. The van der Waals surface area contributed by atoms with Crippen LogP contribution >= 0.6 is 34.4 Å². The largest absolute Gasteiger partial charge is 0.287 e. The average molecular weight is 400 g/mol. The van der Waals surface area contributed by atoms with E-state index in [0.29, 0.717) is 12.3 Å². The number of hydrogen-bond acceptors (Lipinski definition) is 6. The highest BCUT2D eigenvalue weighted by Crippen LogP contribution is 2.25. The zero-order chi connectivity index (χ0) is 17.9. The summed E-state index contributed by atoms with van der Waals surface area (Å²) in [5.41, 5.74) is 3.15. The number of aromatic nitrogens is 3. The normalized spacial score (nSPS) is 11.3. The fraction of sp³-hybridized carbons (Fsp3) is 0.211. The molecule has 26 heavy (non-hydrogen) atoms. The molecule has 0 aliphatic heterocycles. The maximum Gasteiger partial charge on any atom is 0.272 e. The molecule has 132 valence electrons. The van der Waals surface area contributed by atoms with E-state index in [4.69, 9.17) is 4.98 Å². The Hall–Kier alpha value is -1.96. The number of hydrogen-bond donors (Lipinski definition) is 0. The van der Waals surface area contributed by atoms with Crippen LogP contribution in [0.3, 0.4) is 0 Å². The molecular formula is C19H17N3OS3. The zero-order valence-corrected chi connectivity index (χ0v) is 16.7. The molecule has 1 aromatic carbocycles. The van der Waals surface area contributed by atoms with Crippen LogP contribution in [0, 0.1) is 0 Å². The van der Waals surface area contributed by atoms with E-state index in [9.17, 15) is 4.79 Å². The third kappa shape index (κ3) is 3.60. The van der Waals surface area contributed by atoms with Crippen molar-refractivity contribution in [2.24, 2.45) is 0 Å². The van der Waals surface area contributed by atoms with E-state index in [2.05, 4.69) is 34.6 Å². The molecule has 0 aliphatic rings. The molecule has 0 N–H and O–H groups in total. The molecule has 0 amide bonds. The van der Waals surface area contributed by atoms with Gasteiger partial charge < -0.3 is 0 Å². The van der Waals surface area contributed by atoms with Crippen LogP contribution in [0.1, 0.15) is 23.2 Å². The van der Waals surface area contributed by atoms with E-state index in [1.54, 1.807) is 27.7 Å². The van der Waals surface area contributed by atoms with Crippen LogP contribution < -0.4 is 5.56 Å². The Morgan fingerprint density at radius 2 is 1.96 bits per heavy atom. The second kappa shape index (κ2) is 7.73. The first-order valence-electron chi connectivity index (χ1n) is 8.32. The molecule has 4 aromatic rings. The predicted molar refractivity (Wildman–Crippen MR) is 110 cm³/mol. The minimum Gasteiger partial charge on any atom is -0.287 e. The summed E-state index contributed by atoms with van der Waals surface area (Å²) in [5, 5.41) is 5.90. The molecule has 0 bridgehead atoms. The minimum atomic E-state index is 0.0537. The highest BCUT2D eigenvalue weighted by Gasteiger charge is 2.12. The van der Waals surface area contributed by atoms with Crippen molar-refractivity contribution >= 4 is 44.7 Å². The molecule has 3 heterocycles. The summed E-state index contributed by atoms with van der Waals surface area (Å²) >= 11 is 4.72. The van der Waals surface area contributed by atoms with E-state index in [1.807, 2.05) is 24.4 Å². The highest BCUT2D eigenvalue weighted by molar-refractivity contribution is 7.98. The van der Waals surface area contributed by atoms with Gasteiger partial charge in [0.2, 0.25) is 0 Å². The molecule has 3 aromatic heterocycles. The van der Waals surface area contributed by atoms with E-state index >= 15 is 0 Å². The Morgan fingerprint density at radius 1 is 1.12 bits per heavy atom. The SMILES string of the molecule is CCn1c(SCc2csc(Cc3ccccc3)n2)nc2ccsc2c1=O. The number of thiazole rings is 1. The van der Waals surface area contributed by atoms with Gasteiger partial charge >= 0.3 is 0 Å². The first-order chi connectivity index (χ1) is 12.7. The van der Waals surface area contributed by atoms with E-state index < -0.39 is 0 Å². The summed E-state index contributed by atoms with van der Waals surface area (Å²) in [7, 11) is 0. The Labute approximate surface area is 163 Å². The molecule has 4 nitrogen and oxygen atoms in total. The van der Waals surface area contributed by atoms with Gasteiger partial charge in [-0.15, -0.1) is 22.7 Å². The van der Waals surface area contributed by atoms with Gasteiger partial charge in [-0.25, -0.2) is 9.97 Å². The van der Waals surface area contributed by atoms with Gasteiger partial charge in [0.1, 0.15) is 4.70 Å². The lowest BCUT2D eigenvalue weighted by molar-refractivity contribution is 0.635. The minimum absolute atomic E-state index is 0.0537. The standard InChI is InChI=1S/C19H17N3OS3/c1-2-22-18(23)17-15(8-9-24-17)21-19(22)26-12-14-11-25-16(20-14)10-13-6-4-3-5-7-13/h3-9,11H,2,10,12H2,1H3. The molecular weight excluding hydrogens is 382 g/mol. The predicted octanol–water partition coefficient (Wildman–Crippen LogP) is 4.82. The first kappa shape index (κ1) is 17.5. The van der Waals surface area contributed by atoms with Crippen LogP contribution in [0.25, 0.3) is 10.2 Å². The average Bonchev–Trinajstić information content (AvgIpc) is 3.30. The number of benzene rings is 1. The number of thiophene rings is 1. The fourth-order valence-electron chi connectivity index (χ4n) is 2.72. The number of thioether (sulfide) groups is 1. The van der Waals surface area contributed by atoms with Crippen molar-refractivity contribution in [2.45, 2.75) is 30.8 Å². The lowest BCUT2D eigenvalue weighted by Crippen LogP contribution is -2.21. The van der Waals surface area contributed by atoms with Crippen molar-refractivity contribution in [3.8, 4) is 0 Å². The van der Waals surface area contributed by atoms with Gasteiger partial charge in [-0.2, -0.15) is 0 Å². The van der Waals surface area contributed by atoms with Crippen molar-refractivity contribution in [3.63, 3.8) is 0 Å². The van der Waals surface area contributed by atoms with E-state index in [0.717, 1.165) is 32.5 Å². The highest BCUT2D eigenvalue weighted by atomic mass is 32.2. The number of fused-ring (bicyclic) bond motifs is 1. The molecule has 4 rings (SSSR count). The third-order valence-corrected chi connectivity index (χ3v) is 6.79. The van der Waals surface area contributed by atoms with E-state index in [-0.39, 0.29) is 5.56 Å². The number of nitrogens with zero attached hydrogens (tertiary/aromatic N) is 3. The molecule has 0 fully saturated rings. The van der Waals surface area contributed by atoms with Crippen molar-refractivity contribution in [3.05, 3.63) is 73.8 Å². The summed E-state index contributed by atoms with van der Waals surface area (Å²) < 4.78 is 2.48. The van der Waals surface area contributed by atoms with Gasteiger partial charge in [0.25, 0.3) is 5.56 Å².